The second kappa shape index (κ2) is 5.10. The van der Waals surface area contributed by atoms with E-state index >= 15 is 0 Å². The second-order valence-corrected chi connectivity index (χ2v) is 5.13. The summed E-state index contributed by atoms with van der Waals surface area (Å²) < 4.78 is 6.46. The monoisotopic (exact) mass is 296 g/mol. The van der Waals surface area contributed by atoms with Crippen molar-refractivity contribution in [1.82, 2.24) is 10.3 Å². The van der Waals surface area contributed by atoms with E-state index in [2.05, 4.69) is 46.1 Å². The van der Waals surface area contributed by atoms with Crippen molar-refractivity contribution in [2.75, 3.05) is 7.11 Å². The van der Waals surface area contributed by atoms with Crippen molar-refractivity contribution < 1.29 is 4.74 Å². The molecule has 17 heavy (non-hydrogen) atoms. The van der Waals surface area contributed by atoms with Gasteiger partial charge < -0.3 is 15.0 Å². The van der Waals surface area contributed by atoms with Crippen LogP contribution in [0.4, 0.5) is 0 Å². The fourth-order valence-electron chi connectivity index (χ4n) is 1.81. The van der Waals surface area contributed by atoms with Gasteiger partial charge in [0.15, 0.2) is 0 Å². The number of para-hydroxylation sites is 1. The summed E-state index contributed by atoms with van der Waals surface area (Å²) in [6.07, 6.45) is 0. The lowest BCUT2D eigenvalue weighted by molar-refractivity contribution is 0.419. The van der Waals surface area contributed by atoms with Gasteiger partial charge in [0.05, 0.1) is 12.6 Å². The van der Waals surface area contributed by atoms with Crippen molar-refractivity contribution in [3.05, 3.63) is 28.4 Å². The minimum absolute atomic E-state index is 0.468. The molecule has 0 radical (unpaired) electrons. The quantitative estimate of drug-likeness (QED) is 0.907. The van der Waals surface area contributed by atoms with Crippen LogP contribution in [0.15, 0.2) is 22.7 Å². The standard InChI is InChI=1S/C13H17BrN2O/c1-8(2)15-7-10-12(14)9-5-4-6-11(17-3)13(9)16-10/h4-6,8,15-16H,7H2,1-3H3. The maximum Gasteiger partial charge on any atom is 0.142 e. The van der Waals surface area contributed by atoms with E-state index in [0.717, 1.165) is 33.4 Å². The third kappa shape index (κ3) is 2.48. The van der Waals surface area contributed by atoms with E-state index in [1.807, 2.05) is 12.1 Å². The SMILES string of the molecule is COc1cccc2c(Br)c(CNC(C)C)[nH]c12. The van der Waals surface area contributed by atoms with Crippen molar-refractivity contribution in [2.45, 2.75) is 26.4 Å². The summed E-state index contributed by atoms with van der Waals surface area (Å²) >= 11 is 3.64. The van der Waals surface area contributed by atoms with Crippen LogP contribution >= 0.6 is 15.9 Å². The summed E-state index contributed by atoms with van der Waals surface area (Å²) in [5, 5.41) is 4.56. The molecule has 2 rings (SSSR count). The van der Waals surface area contributed by atoms with E-state index in [4.69, 9.17) is 4.74 Å². The van der Waals surface area contributed by atoms with Crippen LogP contribution in [-0.4, -0.2) is 18.1 Å². The number of aromatic nitrogens is 1. The fraction of sp³-hybridized carbons (Fsp3) is 0.385. The molecule has 92 valence electrons. The second-order valence-electron chi connectivity index (χ2n) is 4.34. The van der Waals surface area contributed by atoms with E-state index in [0.29, 0.717) is 6.04 Å². The number of H-pyrrole nitrogens is 1. The Hall–Kier alpha value is -1.00. The first-order valence-electron chi connectivity index (χ1n) is 5.70. The normalized spacial score (nSPS) is 11.4. The average molecular weight is 297 g/mol. The smallest absolute Gasteiger partial charge is 0.142 e. The van der Waals surface area contributed by atoms with Gasteiger partial charge in [-0.2, -0.15) is 0 Å². The minimum Gasteiger partial charge on any atom is -0.495 e. The zero-order valence-corrected chi connectivity index (χ0v) is 11.9. The van der Waals surface area contributed by atoms with Crippen LogP contribution in [0.1, 0.15) is 19.5 Å². The van der Waals surface area contributed by atoms with E-state index < -0.39 is 0 Å². The maximum absolute atomic E-state index is 5.35. The highest BCUT2D eigenvalue weighted by Gasteiger charge is 2.11. The molecular weight excluding hydrogens is 280 g/mol. The summed E-state index contributed by atoms with van der Waals surface area (Å²) in [4.78, 5) is 3.40. The molecule has 0 aliphatic rings. The minimum atomic E-state index is 0.468. The van der Waals surface area contributed by atoms with E-state index in [1.165, 1.54) is 0 Å². The Labute approximate surface area is 110 Å². The van der Waals surface area contributed by atoms with Crippen LogP contribution in [-0.2, 0) is 6.54 Å². The molecule has 2 aromatic rings. The molecule has 0 amide bonds. The number of hydrogen-bond donors (Lipinski definition) is 2. The van der Waals surface area contributed by atoms with Crippen molar-refractivity contribution in [3.8, 4) is 5.75 Å². The van der Waals surface area contributed by atoms with E-state index in [1.54, 1.807) is 7.11 Å². The number of halogens is 1. The van der Waals surface area contributed by atoms with Crippen molar-refractivity contribution in [3.63, 3.8) is 0 Å². The molecule has 0 saturated carbocycles. The van der Waals surface area contributed by atoms with Crippen molar-refractivity contribution >= 4 is 26.8 Å². The first-order valence-corrected chi connectivity index (χ1v) is 6.49. The third-order valence-electron chi connectivity index (χ3n) is 2.71. The van der Waals surface area contributed by atoms with Crippen molar-refractivity contribution in [1.29, 1.82) is 0 Å². The van der Waals surface area contributed by atoms with E-state index in [-0.39, 0.29) is 0 Å². The zero-order chi connectivity index (χ0) is 12.4. The summed E-state index contributed by atoms with van der Waals surface area (Å²) in [5.41, 5.74) is 2.20. The summed E-state index contributed by atoms with van der Waals surface area (Å²) in [6.45, 7) is 5.09. The molecule has 4 heteroatoms. The molecule has 0 spiro atoms. The number of methoxy groups -OCH3 is 1. The lowest BCUT2D eigenvalue weighted by Gasteiger charge is -2.06. The van der Waals surface area contributed by atoms with E-state index in [9.17, 15) is 0 Å². The molecule has 1 aromatic carbocycles. The Bertz CT molecular complexity index is 519. The zero-order valence-electron chi connectivity index (χ0n) is 10.3. The van der Waals surface area contributed by atoms with Gasteiger partial charge >= 0.3 is 0 Å². The Kier molecular flexibility index (Phi) is 3.74. The van der Waals surface area contributed by atoms with Gasteiger partial charge in [-0.25, -0.2) is 0 Å². The number of rotatable bonds is 4. The lowest BCUT2D eigenvalue weighted by atomic mass is 10.2. The van der Waals surface area contributed by atoms with Gasteiger partial charge in [0.2, 0.25) is 0 Å². The highest BCUT2D eigenvalue weighted by atomic mass is 79.9. The molecule has 1 aromatic heterocycles. The van der Waals surface area contributed by atoms with Crippen molar-refractivity contribution in [2.24, 2.45) is 0 Å². The summed E-state index contributed by atoms with van der Waals surface area (Å²) in [7, 11) is 1.69. The predicted octanol–water partition coefficient (Wildman–Crippen LogP) is 3.44. The lowest BCUT2D eigenvalue weighted by Crippen LogP contribution is -2.22. The summed E-state index contributed by atoms with van der Waals surface area (Å²) in [5.74, 6) is 0.874. The average Bonchev–Trinajstić information content (AvgIpc) is 2.64. The van der Waals surface area contributed by atoms with Crippen LogP contribution in [0.5, 0.6) is 5.75 Å². The molecule has 0 saturated heterocycles. The van der Waals surface area contributed by atoms with Crippen LogP contribution in [0, 0.1) is 0 Å². The molecule has 0 bridgehead atoms. The van der Waals surface area contributed by atoms with Gasteiger partial charge in [0, 0.05) is 28.1 Å². The molecule has 0 aliphatic heterocycles. The van der Waals surface area contributed by atoms with Crippen LogP contribution in [0.2, 0.25) is 0 Å². The van der Waals surface area contributed by atoms with Crippen LogP contribution in [0.25, 0.3) is 10.9 Å². The van der Waals surface area contributed by atoms with Gasteiger partial charge in [-0.05, 0) is 22.0 Å². The van der Waals surface area contributed by atoms with Crippen LogP contribution < -0.4 is 10.1 Å². The highest BCUT2D eigenvalue weighted by Crippen LogP contribution is 2.33. The number of nitrogens with one attached hydrogen (secondary N) is 2. The molecule has 3 nitrogen and oxygen atoms in total. The Morgan fingerprint density at radius 3 is 2.82 bits per heavy atom. The van der Waals surface area contributed by atoms with Gasteiger partial charge in [-0.3, -0.25) is 0 Å². The number of aromatic amines is 1. The Morgan fingerprint density at radius 1 is 1.41 bits per heavy atom. The Morgan fingerprint density at radius 2 is 2.18 bits per heavy atom. The molecule has 0 aliphatic carbocycles. The first kappa shape index (κ1) is 12.5. The number of fused-ring (bicyclic) bond motifs is 1. The van der Waals surface area contributed by atoms with Gasteiger partial charge in [-0.15, -0.1) is 0 Å². The van der Waals surface area contributed by atoms with Crippen LogP contribution in [0.3, 0.4) is 0 Å². The Balaban J connectivity index is 2.41. The molecule has 0 atom stereocenters. The number of ether oxygens (including phenoxy) is 1. The van der Waals surface area contributed by atoms with Gasteiger partial charge in [0.25, 0.3) is 0 Å². The maximum atomic E-state index is 5.35. The predicted molar refractivity (Wildman–Crippen MR) is 74.5 cm³/mol. The van der Waals surface area contributed by atoms with Gasteiger partial charge in [-0.1, -0.05) is 26.0 Å². The third-order valence-corrected chi connectivity index (χ3v) is 3.62. The topological polar surface area (TPSA) is 37.0 Å². The molecule has 0 unspecified atom stereocenters. The number of benzene rings is 1. The number of hydrogen-bond acceptors (Lipinski definition) is 2. The summed E-state index contributed by atoms with van der Waals surface area (Å²) in [6, 6.07) is 6.51. The molecule has 1 heterocycles. The largest absolute Gasteiger partial charge is 0.495 e. The molecular formula is C13H17BrN2O. The molecule has 2 N–H and O–H groups in total. The fourth-order valence-corrected chi connectivity index (χ4v) is 2.38. The highest BCUT2D eigenvalue weighted by molar-refractivity contribution is 9.10. The molecule has 0 fully saturated rings. The first-order chi connectivity index (χ1) is 8.13. The van der Waals surface area contributed by atoms with Gasteiger partial charge in [0.1, 0.15) is 5.75 Å².